The molecule has 0 saturated carbocycles. The molecule has 0 radical (unpaired) electrons. The van der Waals surface area contributed by atoms with Gasteiger partial charge in [0.05, 0.1) is 0 Å². The second kappa shape index (κ2) is 6.02. The van der Waals surface area contributed by atoms with Crippen LogP contribution in [0, 0.1) is 6.92 Å². The number of carbonyl (C=O) groups excluding carboxylic acids is 1. The number of H-pyrrole nitrogens is 1. The van der Waals surface area contributed by atoms with Gasteiger partial charge in [-0.05, 0) is 39.3 Å². The Morgan fingerprint density at radius 2 is 2.35 bits per heavy atom. The van der Waals surface area contributed by atoms with Gasteiger partial charge in [-0.3, -0.25) is 9.89 Å². The van der Waals surface area contributed by atoms with E-state index in [1.54, 1.807) is 6.07 Å². The molecule has 5 nitrogen and oxygen atoms in total. The minimum Gasteiger partial charge on any atom is -0.348 e. The second-order valence-electron chi connectivity index (χ2n) is 4.49. The second-order valence-corrected chi connectivity index (χ2v) is 4.49. The highest BCUT2D eigenvalue weighted by Gasteiger charge is 2.21. The molecular formula is C11H19ClN4O. The third-order valence-corrected chi connectivity index (χ3v) is 2.90. The van der Waals surface area contributed by atoms with Crippen LogP contribution in [0.4, 0.5) is 0 Å². The molecule has 0 bridgehead atoms. The van der Waals surface area contributed by atoms with Gasteiger partial charge in [0.2, 0.25) is 0 Å². The Hall–Kier alpha value is -1.07. The van der Waals surface area contributed by atoms with E-state index in [0.29, 0.717) is 11.7 Å². The molecule has 0 spiro atoms. The minimum absolute atomic E-state index is 0. The molecule has 0 aliphatic carbocycles. The van der Waals surface area contributed by atoms with E-state index in [0.717, 1.165) is 25.1 Å². The standard InChI is InChI=1S/C11H18N4O.ClH/c1-7-5-9(3-4-12-7)13-11(16)10-6-8(2)14-15-10;/h6-7,9,12H,3-5H2,1-2H3,(H,13,16)(H,14,15);1H. The summed E-state index contributed by atoms with van der Waals surface area (Å²) >= 11 is 0. The molecule has 2 rings (SSSR count). The van der Waals surface area contributed by atoms with Crippen molar-refractivity contribution in [3.63, 3.8) is 0 Å². The van der Waals surface area contributed by atoms with Crippen LogP contribution < -0.4 is 10.6 Å². The van der Waals surface area contributed by atoms with Gasteiger partial charge >= 0.3 is 0 Å². The Bertz CT molecular complexity index is 379. The average Bonchev–Trinajstić information content (AvgIpc) is 2.65. The van der Waals surface area contributed by atoms with Gasteiger partial charge in [-0.1, -0.05) is 0 Å². The van der Waals surface area contributed by atoms with Crippen molar-refractivity contribution < 1.29 is 4.79 Å². The molecule has 1 saturated heterocycles. The summed E-state index contributed by atoms with van der Waals surface area (Å²) in [5, 5.41) is 13.1. The van der Waals surface area contributed by atoms with Crippen LogP contribution >= 0.6 is 12.4 Å². The van der Waals surface area contributed by atoms with Crippen molar-refractivity contribution in [2.45, 2.75) is 38.8 Å². The van der Waals surface area contributed by atoms with Crippen molar-refractivity contribution in [2.24, 2.45) is 0 Å². The number of rotatable bonds is 2. The lowest BCUT2D eigenvalue weighted by Gasteiger charge is -2.28. The topological polar surface area (TPSA) is 69.8 Å². The Morgan fingerprint density at radius 3 is 2.94 bits per heavy atom. The Balaban J connectivity index is 0.00000144. The van der Waals surface area contributed by atoms with Crippen LogP contribution in [-0.2, 0) is 0 Å². The summed E-state index contributed by atoms with van der Waals surface area (Å²) in [7, 11) is 0. The highest BCUT2D eigenvalue weighted by molar-refractivity contribution is 5.92. The van der Waals surface area contributed by atoms with Gasteiger partial charge in [-0.25, -0.2) is 0 Å². The Morgan fingerprint density at radius 1 is 1.59 bits per heavy atom. The molecule has 1 aliphatic heterocycles. The first-order chi connectivity index (χ1) is 7.65. The zero-order chi connectivity index (χ0) is 11.5. The van der Waals surface area contributed by atoms with E-state index in [4.69, 9.17) is 0 Å². The van der Waals surface area contributed by atoms with Crippen LogP contribution in [0.3, 0.4) is 0 Å². The molecule has 2 unspecified atom stereocenters. The van der Waals surface area contributed by atoms with Gasteiger partial charge in [-0.2, -0.15) is 5.10 Å². The van der Waals surface area contributed by atoms with Gasteiger partial charge in [-0.15, -0.1) is 12.4 Å². The molecular weight excluding hydrogens is 240 g/mol. The van der Waals surface area contributed by atoms with Crippen molar-refractivity contribution in [3.05, 3.63) is 17.5 Å². The molecule has 1 fully saturated rings. The van der Waals surface area contributed by atoms with Gasteiger partial charge in [0.15, 0.2) is 0 Å². The van der Waals surface area contributed by atoms with Crippen LogP contribution in [0.5, 0.6) is 0 Å². The van der Waals surface area contributed by atoms with E-state index in [-0.39, 0.29) is 24.4 Å². The van der Waals surface area contributed by atoms with Crippen LogP contribution in [0.1, 0.15) is 35.9 Å². The molecule has 1 aromatic rings. The number of piperidine rings is 1. The first-order valence-corrected chi connectivity index (χ1v) is 5.71. The van der Waals surface area contributed by atoms with Gasteiger partial charge in [0, 0.05) is 17.8 Å². The van der Waals surface area contributed by atoms with Gasteiger partial charge in [0.1, 0.15) is 5.69 Å². The molecule has 1 aromatic heterocycles. The summed E-state index contributed by atoms with van der Waals surface area (Å²) in [6.07, 6.45) is 1.97. The van der Waals surface area contributed by atoms with Crippen LogP contribution in [0.2, 0.25) is 0 Å². The van der Waals surface area contributed by atoms with Gasteiger partial charge in [0.25, 0.3) is 5.91 Å². The quantitative estimate of drug-likeness (QED) is 0.742. The maximum Gasteiger partial charge on any atom is 0.271 e. The molecule has 1 aliphatic rings. The van der Waals surface area contributed by atoms with E-state index < -0.39 is 0 Å². The number of aryl methyl sites for hydroxylation is 1. The summed E-state index contributed by atoms with van der Waals surface area (Å²) in [4.78, 5) is 11.8. The number of amides is 1. The summed E-state index contributed by atoms with van der Waals surface area (Å²) in [5.41, 5.74) is 1.38. The zero-order valence-corrected chi connectivity index (χ0v) is 10.9. The molecule has 1 amide bonds. The van der Waals surface area contributed by atoms with Crippen molar-refractivity contribution in [3.8, 4) is 0 Å². The Kier molecular flexibility index (Phi) is 4.96. The lowest BCUT2D eigenvalue weighted by molar-refractivity contribution is 0.0920. The van der Waals surface area contributed by atoms with E-state index in [1.807, 2.05) is 6.92 Å². The predicted molar refractivity (Wildman–Crippen MR) is 68.5 cm³/mol. The third-order valence-electron chi connectivity index (χ3n) is 2.90. The molecule has 96 valence electrons. The lowest BCUT2D eigenvalue weighted by atomic mass is 10.0. The fraction of sp³-hybridized carbons (Fsp3) is 0.636. The lowest BCUT2D eigenvalue weighted by Crippen LogP contribution is -2.46. The number of nitrogens with one attached hydrogen (secondary N) is 3. The predicted octanol–water partition coefficient (Wildman–Crippen LogP) is 1.01. The zero-order valence-electron chi connectivity index (χ0n) is 10.1. The van der Waals surface area contributed by atoms with E-state index in [9.17, 15) is 4.79 Å². The fourth-order valence-electron chi connectivity index (χ4n) is 2.06. The molecule has 17 heavy (non-hydrogen) atoms. The Labute approximate surface area is 107 Å². The number of hydrogen-bond acceptors (Lipinski definition) is 3. The van der Waals surface area contributed by atoms with Crippen LogP contribution in [0.25, 0.3) is 0 Å². The highest BCUT2D eigenvalue weighted by Crippen LogP contribution is 2.09. The maximum absolute atomic E-state index is 11.8. The molecule has 2 atom stereocenters. The third kappa shape index (κ3) is 3.71. The van der Waals surface area contributed by atoms with Crippen LogP contribution in [0.15, 0.2) is 6.07 Å². The summed E-state index contributed by atoms with van der Waals surface area (Å²) in [6, 6.07) is 2.50. The summed E-state index contributed by atoms with van der Waals surface area (Å²) in [5.74, 6) is -0.0801. The fourth-order valence-corrected chi connectivity index (χ4v) is 2.06. The van der Waals surface area contributed by atoms with Crippen molar-refractivity contribution in [1.82, 2.24) is 20.8 Å². The van der Waals surface area contributed by atoms with Crippen molar-refractivity contribution in [1.29, 1.82) is 0 Å². The van der Waals surface area contributed by atoms with Crippen molar-refractivity contribution in [2.75, 3.05) is 6.54 Å². The van der Waals surface area contributed by atoms with E-state index >= 15 is 0 Å². The number of halogens is 1. The monoisotopic (exact) mass is 258 g/mol. The molecule has 3 N–H and O–H groups in total. The van der Waals surface area contributed by atoms with E-state index in [2.05, 4.69) is 27.8 Å². The first kappa shape index (κ1) is 14.0. The largest absolute Gasteiger partial charge is 0.348 e. The van der Waals surface area contributed by atoms with Crippen molar-refractivity contribution >= 4 is 18.3 Å². The normalized spacial score (nSPS) is 23.9. The summed E-state index contributed by atoms with van der Waals surface area (Å²) < 4.78 is 0. The minimum atomic E-state index is -0.0801. The van der Waals surface area contributed by atoms with Gasteiger partial charge < -0.3 is 10.6 Å². The molecule has 2 heterocycles. The first-order valence-electron chi connectivity index (χ1n) is 5.71. The average molecular weight is 259 g/mol. The molecule has 6 heteroatoms. The number of aromatic nitrogens is 2. The number of hydrogen-bond donors (Lipinski definition) is 3. The highest BCUT2D eigenvalue weighted by atomic mass is 35.5. The maximum atomic E-state index is 11.8. The number of aromatic amines is 1. The SMILES string of the molecule is Cc1cc(C(=O)NC2CCNC(C)C2)n[nH]1.Cl. The van der Waals surface area contributed by atoms with Crippen LogP contribution in [-0.4, -0.2) is 34.7 Å². The number of carbonyl (C=O) groups is 1. The smallest absolute Gasteiger partial charge is 0.271 e. The number of nitrogens with zero attached hydrogens (tertiary/aromatic N) is 1. The summed E-state index contributed by atoms with van der Waals surface area (Å²) in [6.45, 7) is 4.99. The van der Waals surface area contributed by atoms with E-state index in [1.165, 1.54) is 0 Å². The molecule has 0 aromatic carbocycles.